The Balaban J connectivity index is 1.72. The largest absolute Gasteiger partial charge is 0.345 e. The summed E-state index contributed by atoms with van der Waals surface area (Å²) in [4.78, 5) is 15.0. The summed E-state index contributed by atoms with van der Waals surface area (Å²) in [6.07, 6.45) is 9.02. The molecule has 0 bridgehead atoms. The highest BCUT2D eigenvalue weighted by molar-refractivity contribution is 5.91. The van der Waals surface area contributed by atoms with E-state index in [0.29, 0.717) is 6.54 Å². The van der Waals surface area contributed by atoms with E-state index in [1.165, 1.54) is 11.1 Å². The molecule has 0 atom stereocenters. The van der Waals surface area contributed by atoms with Gasteiger partial charge in [-0.3, -0.25) is 4.79 Å². The lowest BCUT2D eigenvalue weighted by atomic mass is 10.1. The minimum atomic E-state index is 0.0678. The number of benzene rings is 2. The number of hydrogen-bond acceptors (Lipinski definition) is 1. The lowest BCUT2D eigenvalue weighted by Crippen LogP contribution is -2.31. The molecule has 3 heteroatoms. The van der Waals surface area contributed by atoms with E-state index in [-0.39, 0.29) is 5.91 Å². The number of aromatic nitrogens is 1. The minimum Gasteiger partial charge on any atom is -0.345 e. The van der Waals surface area contributed by atoms with Crippen LogP contribution in [0.2, 0.25) is 0 Å². The van der Waals surface area contributed by atoms with E-state index in [1.54, 1.807) is 6.08 Å². The van der Waals surface area contributed by atoms with Crippen LogP contribution in [0.1, 0.15) is 48.6 Å². The summed E-state index contributed by atoms with van der Waals surface area (Å²) in [6, 6.07) is 22.8. The second-order valence-electron chi connectivity index (χ2n) is 7.83. The van der Waals surface area contributed by atoms with Gasteiger partial charge in [0.25, 0.3) is 0 Å². The molecule has 0 saturated heterocycles. The molecule has 30 heavy (non-hydrogen) atoms. The number of amides is 1. The van der Waals surface area contributed by atoms with Gasteiger partial charge in [-0.25, -0.2) is 0 Å². The molecule has 0 saturated carbocycles. The molecule has 1 aromatic heterocycles. The number of hydrogen-bond donors (Lipinski definition) is 0. The molecule has 0 radical (unpaired) electrons. The Bertz CT molecular complexity index is 956. The van der Waals surface area contributed by atoms with Gasteiger partial charge in [0.1, 0.15) is 0 Å². The molecule has 3 aromatic rings. The molecule has 1 heterocycles. The second-order valence-corrected chi connectivity index (χ2v) is 7.83. The van der Waals surface area contributed by atoms with Gasteiger partial charge in [-0.1, -0.05) is 79.9 Å². The Morgan fingerprint density at radius 1 is 1.00 bits per heavy atom. The molecular weight excluding hydrogens is 368 g/mol. The maximum atomic E-state index is 13.0. The zero-order chi connectivity index (χ0) is 21.2. The molecule has 3 nitrogen and oxygen atoms in total. The highest BCUT2D eigenvalue weighted by Gasteiger charge is 2.13. The fraction of sp³-hybridized carbons (Fsp3) is 0.296. The van der Waals surface area contributed by atoms with Crippen LogP contribution in [0.15, 0.2) is 79.0 Å². The highest BCUT2D eigenvalue weighted by Crippen LogP contribution is 2.14. The van der Waals surface area contributed by atoms with Crippen molar-refractivity contribution in [1.82, 2.24) is 9.47 Å². The van der Waals surface area contributed by atoms with E-state index in [9.17, 15) is 4.79 Å². The van der Waals surface area contributed by atoms with E-state index in [0.717, 1.165) is 43.6 Å². The molecule has 2 aromatic carbocycles. The van der Waals surface area contributed by atoms with Gasteiger partial charge in [-0.15, -0.1) is 0 Å². The first-order chi connectivity index (χ1) is 14.7. The van der Waals surface area contributed by atoms with Crippen molar-refractivity contribution in [1.29, 1.82) is 0 Å². The van der Waals surface area contributed by atoms with Gasteiger partial charge in [-0.05, 0) is 42.7 Å². The average Bonchev–Trinajstić information content (AvgIpc) is 3.18. The molecule has 3 rings (SSSR count). The summed E-state index contributed by atoms with van der Waals surface area (Å²) >= 11 is 0. The molecule has 0 fully saturated rings. The number of unbranched alkanes of at least 4 members (excludes halogenated alkanes) is 2. The van der Waals surface area contributed by atoms with Crippen LogP contribution in [-0.4, -0.2) is 21.9 Å². The first kappa shape index (κ1) is 21.6. The maximum absolute atomic E-state index is 13.0. The lowest BCUT2D eigenvalue weighted by molar-refractivity contribution is -0.126. The second kappa shape index (κ2) is 11.2. The number of aryl methyl sites for hydroxylation is 1. The van der Waals surface area contributed by atoms with Gasteiger partial charge in [0, 0.05) is 31.1 Å². The highest BCUT2D eigenvalue weighted by atomic mass is 16.2. The molecule has 1 amide bonds. The fourth-order valence-corrected chi connectivity index (χ4v) is 3.61. The Morgan fingerprint density at radius 3 is 2.60 bits per heavy atom. The number of nitrogens with zero attached hydrogens (tertiary/aromatic N) is 2. The molecule has 0 aliphatic rings. The van der Waals surface area contributed by atoms with Crippen molar-refractivity contribution in [2.45, 2.75) is 46.2 Å². The Kier molecular flexibility index (Phi) is 8.08. The number of carbonyl (C=O) groups excluding carboxylic acids is 1. The molecule has 156 valence electrons. The average molecular weight is 401 g/mol. The first-order valence-electron chi connectivity index (χ1n) is 10.9. The van der Waals surface area contributed by atoms with Gasteiger partial charge in [-0.2, -0.15) is 0 Å². The molecule has 0 aliphatic heterocycles. The van der Waals surface area contributed by atoms with E-state index in [4.69, 9.17) is 0 Å². The number of rotatable bonds is 10. The van der Waals surface area contributed by atoms with Gasteiger partial charge in [0.2, 0.25) is 5.91 Å². The summed E-state index contributed by atoms with van der Waals surface area (Å²) in [5.74, 6) is 0.0678. The summed E-state index contributed by atoms with van der Waals surface area (Å²) < 4.78 is 2.25. The predicted molar refractivity (Wildman–Crippen MR) is 125 cm³/mol. The fourth-order valence-electron chi connectivity index (χ4n) is 3.61. The molecule has 0 unspecified atom stereocenters. The SMILES string of the molecule is CCCCCN(Cc1cccn1Cc1cccc(C)c1)C(=O)/C=C/c1ccccc1. The normalized spacial score (nSPS) is 11.1. The maximum Gasteiger partial charge on any atom is 0.246 e. The van der Waals surface area contributed by atoms with Crippen LogP contribution in [0.5, 0.6) is 0 Å². The van der Waals surface area contributed by atoms with E-state index in [1.807, 2.05) is 41.3 Å². The van der Waals surface area contributed by atoms with Gasteiger partial charge in [0.05, 0.1) is 6.54 Å². The first-order valence-corrected chi connectivity index (χ1v) is 10.9. The summed E-state index contributed by atoms with van der Waals surface area (Å²) in [5.41, 5.74) is 4.75. The van der Waals surface area contributed by atoms with Crippen molar-refractivity contribution in [3.05, 3.63) is 101 Å². The topological polar surface area (TPSA) is 25.2 Å². The van der Waals surface area contributed by atoms with E-state index < -0.39 is 0 Å². The molecule has 0 N–H and O–H groups in total. The summed E-state index contributed by atoms with van der Waals surface area (Å²) in [5, 5.41) is 0. The quantitative estimate of drug-likeness (QED) is 0.299. The van der Waals surface area contributed by atoms with Crippen molar-refractivity contribution in [2.75, 3.05) is 6.54 Å². The predicted octanol–water partition coefficient (Wildman–Crippen LogP) is 6.08. The van der Waals surface area contributed by atoms with Crippen LogP contribution in [0.4, 0.5) is 0 Å². The Labute approximate surface area is 180 Å². The van der Waals surface area contributed by atoms with E-state index in [2.05, 4.69) is 61.0 Å². The van der Waals surface area contributed by atoms with Crippen molar-refractivity contribution in [3.63, 3.8) is 0 Å². The zero-order valence-electron chi connectivity index (χ0n) is 18.1. The van der Waals surface area contributed by atoms with Crippen LogP contribution in [0, 0.1) is 6.92 Å². The summed E-state index contributed by atoms with van der Waals surface area (Å²) in [6.45, 7) is 6.53. The van der Waals surface area contributed by atoms with Crippen LogP contribution in [0.3, 0.4) is 0 Å². The van der Waals surface area contributed by atoms with Gasteiger partial charge >= 0.3 is 0 Å². The monoisotopic (exact) mass is 400 g/mol. The standard InChI is InChI=1S/C27H32N2O/c1-3-4-8-18-29(27(30)17-16-24-12-6-5-7-13-24)22-26-15-10-19-28(26)21-25-14-9-11-23(2)20-25/h5-7,9-17,19-20H,3-4,8,18,21-22H2,1-2H3/b17-16+. The van der Waals surface area contributed by atoms with Crippen molar-refractivity contribution in [2.24, 2.45) is 0 Å². The van der Waals surface area contributed by atoms with Crippen LogP contribution >= 0.6 is 0 Å². The summed E-state index contributed by atoms with van der Waals surface area (Å²) in [7, 11) is 0. The lowest BCUT2D eigenvalue weighted by Gasteiger charge is -2.22. The smallest absolute Gasteiger partial charge is 0.246 e. The molecule has 0 spiro atoms. The Hall–Kier alpha value is -3.07. The molecular formula is C27H32N2O. The van der Waals surface area contributed by atoms with Crippen molar-refractivity contribution < 1.29 is 4.79 Å². The minimum absolute atomic E-state index is 0.0678. The Morgan fingerprint density at radius 2 is 1.83 bits per heavy atom. The third-order valence-electron chi connectivity index (χ3n) is 5.27. The van der Waals surface area contributed by atoms with Crippen LogP contribution in [-0.2, 0) is 17.9 Å². The van der Waals surface area contributed by atoms with E-state index >= 15 is 0 Å². The van der Waals surface area contributed by atoms with Crippen molar-refractivity contribution >= 4 is 12.0 Å². The molecule has 0 aliphatic carbocycles. The third kappa shape index (κ3) is 6.48. The van der Waals surface area contributed by atoms with Gasteiger partial charge < -0.3 is 9.47 Å². The van der Waals surface area contributed by atoms with Gasteiger partial charge in [0.15, 0.2) is 0 Å². The van der Waals surface area contributed by atoms with Crippen LogP contribution in [0.25, 0.3) is 6.08 Å². The van der Waals surface area contributed by atoms with Crippen molar-refractivity contribution in [3.8, 4) is 0 Å². The zero-order valence-corrected chi connectivity index (χ0v) is 18.1. The third-order valence-corrected chi connectivity index (χ3v) is 5.27. The van der Waals surface area contributed by atoms with Crippen LogP contribution < -0.4 is 0 Å². The number of carbonyl (C=O) groups is 1.